The van der Waals surface area contributed by atoms with Crippen LogP contribution in [0.1, 0.15) is 43.0 Å². The van der Waals surface area contributed by atoms with Crippen LogP contribution in [-0.4, -0.2) is 32.2 Å². The van der Waals surface area contributed by atoms with Crippen molar-refractivity contribution in [2.75, 3.05) is 13.1 Å². The molecule has 6 heteroatoms. The lowest BCUT2D eigenvalue weighted by molar-refractivity contribution is 0.447. The van der Waals surface area contributed by atoms with Gasteiger partial charge in [0.05, 0.1) is 22.4 Å². The largest absolute Gasteiger partial charge is 0.341 e. The third-order valence-electron chi connectivity index (χ3n) is 7.31. The molecule has 1 saturated heterocycles. The van der Waals surface area contributed by atoms with Gasteiger partial charge in [-0.3, -0.25) is 9.13 Å². The highest BCUT2D eigenvalue weighted by Crippen LogP contribution is 2.36. The van der Waals surface area contributed by atoms with Crippen LogP contribution in [0.15, 0.2) is 47.3 Å². The number of rotatable bonds is 5. The predicted octanol–water partition coefficient (Wildman–Crippen LogP) is 4.58. The summed E-state index contributed by atoms with van der Waals surface area (Å²) in [7, 11) is 1.88. The minimum absolute atomic E-state index is 0.0768. The van der Waals surface area contributed by atoms with Crippen molar-refractivity contribution in [3.8, 4) is 22.5 Å². The second kappa shape index (κ2) is 8.03. The molecule has 33 heavy (non-hydrogen) atoms. The summed E-state index contributed by atoms with van der Waals surface area (Å²) in [5.74, 6) is 2.17. The van der Waals surface area contributed by atoms with Gasteiger partial charge in [0.1, 0.15) is 5.82 Å². The van der Waals surface area contributed by atoms with Crippen molar-refractivity contribution < 1.29 is 0 Å². The Hall–Kier alpha value is -3.12. The number of imidazole rings is 2. The molecule has 0 atom stereocenters. The predicted molar refractivity (Wildman–Crippen MR) is 133 cm³/mol. The lowest BCUT2D eigenvalue weighted by Crippen LogP contribution is -2.27. The van der Waals surface area contributed by atoms with Crippen LogP contribution >= 0.6 is 0 Å². The number of aromatic amines is 1. The molecule has 0 amide bonds. The molecule has 2 N–H and O–H groups in total. The van der Waals surface area contributed by atoms with E-state index in [-0.39, 0.29) is 5.69 Å². The van der Waals surface area contributed by atoms with Crippen LogP contribution in [0.3, 0.4) is 0 Å². The molecule has 2 aliphatic rings. The van der Waals surface area contributed by atoms with E-state index in [4.69, 9.17) is 4.98 Å². The van der Waals surface area contributed by atoms with Crippen molar-refractivity contribution in [2.45, 2.75) is 45.1 Å². The fourth-order valence-corrected chi connectivity index (χ4v) is 5.19. The Labute approximate surface area is 193 Å². The first kappa shape index (κ1) is 20.5. The number of hydrogen-bond donors (Lipinski definition) is 2. The Morgan fingerprint density at radius 1 is 1.00 bits per heavy atom. The smallest absolute Gasteiger partial charge is 0.328 e. The highest BCUT2D eigenvalue weighted by molar-refractivity contribution is 5.86. The van der Waals surface area contributed by atoms with E-state index < -0.39 is 0 Å². The van der Waals surface area contributed by atoms with Gasteiger partial charge in [-0.15, -0.1) is 0 Å². The fraction of sp³-hybridized carbons (Fsp3) is 0.407. The maximum Gasteiger partial charge on any atom is 0.328 e. The molecule has 0 unspecified atom stereocenters. The van der Waals surface area contributed by atoms with E-state index in [0.717, 1.165) is 71.8 Å². The second-order valence-electron chi connectivity index (χ2n) is 9.84. The number of piperidine rings is 1. The summed E-state index contributed by atoms with van der Waals surface area (Å²) in [6.45, 7) is 5.01. The van der Waals surface area contributed by atoms with E-state index >= 15 is 0 Å². The maximum absolute atomic E-state index is 12.9. The number of nitrogens with zero attached hydrogens (tertiary/aromatic N) is 3. The maximum atomic E-state index is 12.9. The van der Waals surface area contributed by atoms with Crippen molar-refractivity contribution in [2.24, 2.45) is 13.0 Å². The monoisotopic (exact) mass is 441 g/mol. The fourth-order valence-electron chi connectivity index (χ4n) is 5.19. The SMILES string of the molecule is Cc1cccc(-c2nc(C3CCNCC3)[nH]c2-c2ccc3c(c2)n(C)c(=O)n3CC2CC2)c1. The molecule has 2 aromatic heterocycles. The minimum Gasteiger partial charge on any atom is -0.341 e. The number of fused-ring (bicyclic) bond motifs is 1. The van der Waals surface area contributed by atoms with Gasteiger partial charge in [-0.05, 0) is 69.8 Å². The highest BCUT2D eigenvalue weighted by Gasteiger charge is 2.25. The zero-order valence-electron chi connectivity index (χ0n) is 19.4. The third-order valence-corrected chi connectivity index (χ3v) is 7.31. The summed E-state index contributed by atoms with van der Waals surface area (Å²) in [6, 6.07) is 15.0. The average Bonchev–Trinajstić information content (AvgIpc) is 3.50. The molecule has 4 aromatic rings. The topological polar surface area (TPSA) is 67.6 Å². The third kappa shape index (κ3) is 3.72. The summed E-state index contributed by atoms with van der Waals surface area (Å²) < 4.78 is 3.74. The van der Waals surface area contributed by atoms with Crippen molar-refractivity contribution in [1.82, 2.24) is 24.4 Å². The van der Waals surface area contributed by atoms with Crippen LogP contribution in [0, 0.1) is 12.8 Å². The van der Waals surface area contributed by atoms with Gasteiger partial charge in [-0.25, -0.2) is 9.78 Å². The number of aromatic nitrogens is 4. The molecule has 1 saturated carbocycles. The molecular formula is C27H31N5O. The van der Waals surface area contributed by atoms with Gasteiger partial charge in [0, 0.05) is 30.6 Å². The van der Waals surface area contributed by atoms with Crippen LogP contribution in [0.4, 0.5) is 0 Å². The Kier molecular flexibility index (Phi) is 4.98. The highest BCUT2D eigenvalue weighted by atomic mass is 16.1. The van der Waals surface area contributed by atoms with Crippen LogP contribution < -0.4 is 11.0 Å². The average molecular weight is 442 g/mol. The summed E-state index contributed by atoms with van der Waals surface area (Å²) in [4.78, 5) is 21.8. The van der Waals surface area contributed by atoms with E-state index in [1.54, 1.807) is 4.57 Å². The Bertz CT molecular complexity index is 1380. The standard InChI is InChI=1S/C27H31N5O/c1-17-4-3-5-20(14-17)24-25(30-26(29-24)19-10-12-28-13-11-19)21-8-9-22-23(15-21)31(2)27(33)32(22)16-18-6-7-18/h3-5,8-9,14-15,18-19,28H,6-7,10-13,16H2,1-2H3,(H,29,30). The second-order valence-corrected chi connectivity index (χ2v) is 9.84. The van der Waals surface area contributed by atoms with E-state index in [9.17, 15) is 4.79 Å². The van der Waals surface area contributed by atoms with E-state index in [0.29, 0.717) is 11.8 Å². The van der Waals surface area contributed by atoms with Gasteiger partial charge in [-0.2, -0.15) is 0 Å². The van der Waals surface area contributed by atoms with Gasteiger partial charge in [0.25, 0.3) is 0 Å². The summed E-state index contributed by atoms with van der Waals surface area (Å²) in [5, 5.41) is 3.45. The molecule has 1 aliphatic carbocycles. The molecule has 0 radical (unpaired) electrons. The van der Waals surface area contributed by atoms with Crippen molar-refractivity contribution in [3.63, 3.8) is 0 Å². The van der Waals surface area contributed by atoms with Gasteiger partial charge < -0.3 is 10.3 Å². The molecule has 2 fully saturated rings. The molecule has 3 heterocycles. The first-order valence-corrected chi connectivity index (χ1v) is 12.2. The molecule has 0 spiro atoms. The quantitative estimate of drug-likeness (QED) is 0.476. The van der Waals surface area contributed by atoms with Crippen LogP contribution in [0.2, 0.25) is 0 Å². The van der Waals surface area contributed by atoms with Gasteiger partial charge in [-0.1, -0.05) is 29.8 Å². The number of H-pyrrole nitrogens is 1. The normalized spacial score (nSPS) is 17.2. The number of benzene rings is 2. The summed E-state index contributed by atoms with van der Waals surface area (Å²) in [5.41, 5.74) is 7.53. The van der Waals surface area contributed by atoms with Crippen LogP contribution in [0.25, 0.3) is 33.5 Å². The minimum atomic E-state index is 0.0768. The van der Waals surface area contributed by atoms with E-state index in [1.807, 2.05) is 11.6 Å². The summed E-state index contributed by atoms with van der Waals surface area (Å²) >= 11 is 0. The number of aryl methyl sites for hydroxylation is 2. The first-order valence-electron chi connectivity index (χ1n) is 12.2. The van der Waals surface area contributed by atoms with E-state index in [1.165, 1.54) is 18.4 Å². The summed E-state index contributed by atoms with van der Waals surface area (Å²) in [6.07, 6.45) is 4.65. The van der Waals surface area contributed by atoms with Crippen molar-refractivity contribution >= 4 is 11.0 Å². The molecule has 0 bridgehead atoms. The van der Waals surface area contributed by atoms with Crippen LogP contribution in [0.5, 0.6) is 0 Å². The Morgan fingerprint density at radius 3 is 2.58 bits per heavy atom. The van der Waals surface area contributed by atoms with Crippen LogP contribution in [-0.2, 0) is 13.6 Å². The first-order chi connectivity index (χ1) is 16.1. The molecular weight excluding hydrogens is 410 g/mol. The van der Waals surface area contributed by atoms with Gasteiger partial charge in [0.15, 0.2) is 0 Å². The lowest BCUT2D eigenvalue weighted by atomic mass is 9.97. The van der Waals surface area contributed by atoms with E-state index in [2.05, 4.69) is 59.7 Å². The molecule has 6 nitrogen and oxygen atoms in total. The van der Waals surface area contributed by atoms with Crippen molar-refractivity contribution in [3.05, 3.63) is 64.3 Å². The Morgan fingerprint density at radius 2 is 1.82 bits per heavy atom. The molecule has 2 aromatic carbocycles. The van der Waals surface area contributed by atoms with Gasteiger partial charge in [0.2, 0.25) is 0 Å². The van der Waals surface area contributed by atoms with Gasteiger partial charge >= 0.3 is 5.69 Å². The number of nitrogens with one attached hydrogen (secondary N) is 2. The number of hydrogen-bond acceptors (Lipinski definition) is 3. The molecule has 6 rings (SSSR count). The zero-order chi connectivity index (χ0) is 22.5. The zero-order valence-corrected chi connectivity index (χ0v) is 19.4. The van der Waals surface area contributed by atoms with Crippen molar-refractivity contribution in [1.29, 1.82) is 0 Å². The lowest BCUT2D eigenvalue weighted by Gasteiger charge is -2.20. The Balaban J connectivity index is 1.49. The molecule has 170 valence electrons. The molecule has 1 aliphatic heterocycles.